The first kappa shape index (κ1) is 13.9. The average molecular weight is 249 g/mol. The quantitative estimate of drug-likeness (QED) is 0.651. The smallest absolute Gasteiger partial charge is 0.356 e. The molecule has 18 heavy (non-hydrogen) atoms. The van der Waals surface area contributed by atoms with Gasteiger partial charge in [0.15, 0.2) is 0 Å². The minimum atomic E-state index is -0.706. The first-order chi connectivity index (χ1) is 8.51. The molecule has 0 bridgehead atoms. The van der Waals surface area contributed by atoms with Crippen LogP contribution in [0.25, 0.3) is 0 Å². The van der Waals surface area contributed by atoms with Gasteiger partial charge in [0, 0.05) is 5.56 Å². The van der Waals surface area contributed by atoms with E-state index in [0.29, 0.717) is 11.1 Å². The molecule has 1 rings (SSSR count). The first-order valence-electron chi connectivity index (χ1n) is 5.46. The number of methoxy groups -OCH3 is 1. The molecule has 96 valence electrons. The predicted molar refractivity (Wildman–Crippen MR) is 66.0 cm³/mol. The van der Waals surface area contributed by atoms with Crippen molar-refractivity contribution in [3.63, 3.8) is 0 Å². The van der Waals surface area contributed by atoms with Crippen LogP contribution in [0.4, 0.5) is 0 Å². The third-order valence-corrected chi connectivity index (χ3v) is 2.41. The van der Waals surface area contributed by atoms with Gasteiger partial charge in [-0.2, -0.15) is 0 Å². The SMILES string of the molecule is CCOC(=O)C(=N)c1cc(C(=O)OC)ccc1C. The monoisotopic (exact) mass is 249 g/mol. The number of ether oxygens (including phenoxy) is 2. The third-order valence-electron chi connectivity index (χ3n) is 2.41. The van der Waals surface area contributed by atoms with Gasteiger partial charge in [-0.15, -0.1) is 0 Å². The van der Waals surface area contributed by atoms with Gasteiger partial charge < -0.3 is 9.47 Å². The van der Waals surface area contributed by atoms with E-state index in [2.05, 4.69) is 4.74 Å². The Morgan fingerprint density at radius 2 is 2.00 bits per heavy atom. The molecule has 0 saturated heterocycles. The highest BCUT2D eigenvalue weighted by Gasteiger charge is 2.17. The van der Waals surface area contributed by atoms with E-state index in [1.165, 1.54) is 13.2 Å². The normalized spacial score (nSPS) is 9.72. The average Bonchev–Trinajstić information content (AvgIpc) is 2.37. The summed E-state index contributed by atoms with van der Waals surface area (Å²) in [6.45, 7) is 3.63. The van der Waals surface area contributed by atoms with Crippen LogP contribution in [0.5, 0.6) is 0 Å². The summed E-state index contributed by atoms with van der Waals surface area (Å²) in [5, 5.41) is 7.75. The van der Waals surface area contributed by atoms with Gasteiger partial charge in [-0.1, -0.05) is 6.07 Å². The van der Waals surface area contributed by atoms with Crippen molar-refractivity contribution in [2.24, 2.45) is 0 Å². The lowest BCUT2D eigenvalue weighted by Crippen LogP contribution is -2.19. The van der Waals surface area contributed by atoms with Crippen LogP contribution in [-0.4, -0.2) is 31.4 Å². The van der Waals surface area contributed by atoms with Gasteiger partial charge in [0.1, 0.15) is 5.71 Å². The zero-order valence-electron chi connectivity index (χ0n) is 10.6. The summed E-state index contributed by atoms with van der Waals surface area (Å²) in [5.74, 6) is -1.21. The van der Waals surface area contributed by atoms with Crippen molar-refractivity contribution < 1.29 is 19.1 Å². The van der Waals surface area contributed by atoms with E-state index in [4.69, 9.17) is 10.1 Å². The number of aryl methyl sites for hydroxylation is 1. The lowest BCUT2D eigenvalue weighted by atomic mass is 10.0. The van der Waals surface area contributed by atoms with Gasteiger partial charge in [0.25, 0.3) is 0 Å². The van der Waals surface area contributed by atoms with E-state index in [9.17, 15) is 9.59 Å². The van der Waals surface area contributed by atoms with E-state index in [1.807, 2.05) is 0 Å². The lowest BCUT2D eigenvalue weighted by Gasteiger charge is -2.08. The second kappa shape index (κ2) is 5.95. The maximum atomic E-state index is 11.5. The van der Waals surface area contributed by atoms with Crippen molar-refractivity contribution in [2.75, 3.05) is 13.7 Å². The zero-order chi connectivity index (χ0) is 13.7. The van der Waals surface area contributed by atoms with Crippen LogP contribution < -0.4 is 0 Å². The fourth-order valence-electron chi connectivity index (χ4n) is 1.45. The van der Waals surface area contributed by atoms with Crippen molar-refractivity contribution in [1.82, 2.24) is 0 Å². The Hall–Kier alpha value is -2.17. The molecule has 1 N–H and O–H groups in total. The predicted octanol–water partition coefficient (Wildman–Crippen LogP) is 1.71. The number of carbonyl (C=O) groups is 2. The highest BCUT2D eigenvalue weighted by Crippen LogP contribution is 2.13. The second-order valence-electron chi connectivity index (χ2n) is 3.62. The molecule has 1 aromatic rings. The van der Waals surface area contributed by atoms with Crippen molar-refractivity contribution in [1.29, 1.82) is 5.41 Å². The van der Waals surface area contributed by atoms with Crippen molar-refractivity contribution in [2.45, 2.75) is 13.8 Å². The first-order valence-corrected chi connectivity index (χ1v) is 5.46. The van der Waals surface area contributed by atoms with Crippen LogP contribution in [0.2, 0.25) is 0 Å². The standard InChI is InChI=1S/C13H15NO4/c1-4-18-13(16)11(14)10-7-9(12(15)17-3)6-5-8(10)2/h5-7,14H,4H2,1-3H3. The maximum absolute atomic E-state index is 11.5. The van der Waals surface area contributed by atoms with Crippen LogP contribution >= 0.6 is 0 Å². The summed E-state index contributed by atoms with van der Waals surface area (Å²) in [6.07, 6.45) is 0. The highest BCUT2D eigenvalue weighted by molar-refractivity contribution is 6.42. The Balaban J connectivity index is 3.11. The van der Waals surface area contributed by atoms with Crippen molar-refractivity contribution in [3.8, 4) is 0 Å². The molecule has 0 spiro atoms. The molecule has 1 aromatic carbocycles. The Bertz CT molecular complexity index is 494. The minimum Gasteiger partial charge on any atom is -0.465 e. The number of hydrogen-bond donors (Lipinski definition) is 1. The summed E-state index contributed by atoms with van der Waals surface area (Å²) in [5.41, 5.74) is 1.13. The lowest BCUT2D eigenvalue weighted by molar-refractivity contribution is -0.135. The molecule has 0 aliphatic heterocycles. The van der Waals surface area contributed by atoms with E-state index in [0.717, 1.165) is 5.56 Å². The molecule has 0 amide bonds. The van der Waals surface area contributed by atoms with Crippen LogP contribution in [-0.2, 0) is 14.3 Å². The van der Waals surface area contributed by atoms with Crippen LogP contribution in [0, 0.1) is 12.3 Å². The molecule has 0 heterocycles. The van der Waals surface area contributed by atoms with E-state index >= 15 is 0 Å². The molecule has 0 radical (unpaired) electrons. The summed E-state index contributed by atoms with van der Waals surface area (Å²) >= 11 is 0. The summed E-state index contributed by atoms with van der Waals surface area (Å²) in [6, 6.07) is 4.71. The Labute approximate surface area is 105 Å². The fraction of sp³-hybridized carbons (Fsp3) is 0.308. The van der Waals surface area contributed by atoms with Crippen LogP contribution in [0.1, 0.15) is 28.4 Å². The molecule has 0 saturated carbocycles. The molecule has 0 atom stereocenters. The molecule has 0 unspecified atom stereocenters. The van der Waals surface area contributed by atoms with Crippen LogP contribution in [0.3, 0.4) is 0 Å². The maximum Gasteiger partial charge on any atom is 0.356 e. The summed E-state index contributed by atoms with van der Waals surface area (Å²) in [4.78, 5) is 22.9. The van der Waals surface area contributed by atoms with Crippen LogP contribution in [0.15, 0.2) is 18.2 Å². The molecule has 5 nitrogen and oxygen atoms in total. The Kier molecular flexibility index (Phi) is 4.59. The number of nitrogens with one attached hydrogen (secondary N) is 1. The van der Waals surface area contributed by atoms with Gasteiger partial charge in [0.2, 0.25) is 0 Å². The van der Waals surface area contributed by atoms with E-state index in [-0.39, 0.29) is 12.3 Å². The van der Waals surface area contributed by atoms with Gasteiger partial charge in [0.05, 0.1) is 19.3 Å². The Morgan fingerprint density at radius 3 is 2.56 bits per heavy atom. The molecular weight excluding hydrogens is 234 g/mol. The number of benzene rings is 1. The Morgan fingerprint density at radius 1 is 1.33 bits per heavy atom. The highest BCUT2D eigenvalue weighted by atomic mass is 16.5. The van der Waals surface area contributed by atoms with Gasteiger partial charge >= 0.3 is 11.9 Å². The zero-order valence-corrected chi connectivity index (χ0v) is 10.6. The topological polar surface area (TPSA) is 76.5 Å². The minimum absolute atomic E-state index is 0.205. The van der Waals surface area contributed by atoms with E-state index < -0.39 is 11.9 Å². The summed E-state index contributed by atoms with van der Waals surface area (Å²) in [7, 11) is 1.28. The number of esters is 2. The van der Waals surface area contributed by atoms with Gasteiger partial charge in [-0.25, -0.2) is 9.59 Å². The molecule has 0 aromatic heterocycles. The fourth-order valence-corrected chi connectivity index (χ4v) is 1.45. The largest absolute Gasteiger partial charge is 0.465 e. The van der Waals surface area contributed by atoms with Gasteiger partial charge in [-0.05, 0) is 31.5 Å². The third kappa shape index (κ3) is 2.94. The molecular formula is C13H15NO4. The molecule has 0 aliphatic carbocycles. The summed E-state index contributed by atoms with van der Waals surface area (Å²) < 4.78 is 9.35. The van der Waals surface area contributed by atoms with Crippen molar-refractivity contribution >= 4 is 17.7 Å². The van der Waals surface area contributed by atoms with Gasteiger partial charge in [-0.3, -0.25) is 5.41 Å². The van der Waals surface area contributed by atoms with Crippen molar-refractivity contribution in [3.05, 3.63) is 34.9 Å². The number of carbonyl (C=O) groups excluding carboxylic acids is 2. The molecule has 5 heteroatoms. The second-order valence-corrected chi connectivity index (χ2v) is 3.62. The van der Waals surface area contributed by atoms with E-state index in [1.54, 1.807) is 26.0 Å². The molecule has 0 fully saturated rings. The molecule has 0 aliphatic rings. The number of rotatable bonds is 4. The number of hydrogen-bond acceptors (Lipinski definition) is 5.